The Bertz CT molecular complexity index is 86.2. The van der Waals surface area contributed by atoms with E-state index in [1.807, 2.05) is 6.26 Å². The van der Waals surface area contributed by atoms with Gasteiger partial charge in [-0.15, -0.1) is 12.4 Å². The molecule has 0 amide bonds. The average Bonchev–Trinajstić information content (AvgIpc) is 1.97. The summed E-state index contributed by atoms with van der Waals surface area (Å²) in [4.78, 5) is 0. The van der Waals surface area contributed by atoms with Crippen molar-refractivity contribution in [3.8, 4) is 0 Å². The minimum atomic E-state index is 0. The van der Waals surface area contributed by atoms with Crippen LogP contribution in [0, 0.1) is 0 Å². The molecule has 68 valence electrons. The van der Waals surface area contributed by atoms with E-state index in [9.17, 15) is 0 Å². The maximum atomic E-state index is 4.91. The molecule has 0 aliphatic heterocycles. The number of halogens is 1. The lowest BCUT2D eigenvalue weighted by Gasteiger charge is -1.93. The summed E-state index contributed by atoms with van der Waals surface area (Å²) >= 11 is 0. The molecule has 0 saturated carbocycles. The third kappa shape index (κ3) is 13.1. The summed E-state index contributed by atoms with van der Waals surface area (Å²) in [5.41, 5.74) is 0. The van der Waals surface area contributed by atoms with E-state index in [-0.39, 0.29) is 12.4 Å². The van der Waals surface area contributed by atoms with Crippen molar-refractivity contribution in [3.05, 3.63) is 12.3 Å². The molecule has 1 nitrogen and oxygen atoms in total. The van der Waals surface area contributed by atoms with Gasteiger partial charge in [0.1, 0.15) is 0 Å². The average molecular weight is 195 g/mol. The van der Waals surface area contributed by atoms with E-state index in [0.29, 0.717) is 0 Å². The summed E-state index contributed by atoms with van der Waals surface area (Å²) in [6.45, 7) is 2.23. The molecule has 3 heteroatoms. The maximum Gasteiger partial charge on any atom is 0.203 e. The van der Waals surface area contributed by atoms with Crippen LogP contribution >= 0.6 is 12.4 Å². The second-order valence-electron chi connectivity index (χ2n) is 2.46. The van der Waals surface area contributed by atoms with Crippen LogP contribution in [-0.2, 0) is 4.43 Å². The summed E-state index contributed by atoms with van der Waals surface area (Å²) in [7, 11) is 0.822. The predicted molar refractivity (Wildman–Crippen MR) is 56.2 cm³/mol. The lowest BCUT2D eigenvalue weighted by atomic mass is 10.2. The van der Waals surface area contributed by atoms with Gasteiger partial charge < -0.3 is 4.43 Å². The predicted octanol–water partition coefficient (Wildman–Crippen LogP) is 2.19. The summed E-state index contributed by atoms with van der Waals surface area (Å²) in [6.07, 6.45) is 10.5. The summed E-state index contributed by atoms with van der Waals surface area (Å²) in [5.74, 6) is 0. The number of allylic oxidation sites excluding steroid dienone is 1. The van der Waals surface area contributed by atoms with Gasteiger partial charge in [-0.2, -0.15) is 0 Å². The van der Waals surface area contributed by atoms with Gasteiger partial charge in [-0.05, 0) is 12.8 Å². The molecule has 0 aromatic carbocycles. The molecule has 0 aromatic rings. The maximum absolute atomic E-state index is 4.91. The Morgan fingerprint density at radius 3 is 2.55 bits per heavy atom. The molecule has 0 unspecified atom stereocenters. The highest BCUT2D eigenvalue weighted by Crippen LogP contribution is 2.02. The molecular formula is C8H19ClOSi. The molecular weight excluding hydrogens is 176 g/mol. The summed E-state index contributed by atoms with van der Waals surface area (Å²) in [5, 5.41) is 0. The van der Waals surface area contributed by atoms with E-state index in [4.69, 9.17) is 4.43 Å². The second-order valence-corrected chi connectivity index (χ2v) is 2.93. The van der Waals surface area contributed by atoms with Gasteiger partial charge in [0, 0.05) is 0 Å². The van der Waals surface area contributed by atoms with Crippen LogP contribution in [0.25, 0.3) is 0 Å². The molecule has 0 aliphatic carbocycles. The topological polar surface area (TPSA) is 9.23 Å². The van der Waals surface area contributed by atoms with Crippen LogP contribution in [0.15, 0.2) is 12.3 Å². The van der Waals surface area contributed by atoms with Crippen LogP contribution in [0.4, 0.5) is 0 Å². The van der Waals surface area contributed by atoms with Crippen molar-refractivity contribution in [3.63, 3.8) is 0 Å². The highest BCUT2D eigenvalue weighted by atomic mass is 35.5. The van der Waals surface area contributed by atoms with Crippen LogP contribution in [0.2, 0.25) is 0 Å². The molecule has 0 N–H and O–H groups in total. The molecule has 0 aromatic heterocycles. The molecule has 0 radical (unpaired) electrons. The Labute approximate surface area is 79.2 Å². The molecule has 0 fully saturated rings. The smallest absolute Gasteiger partial charge is 0.203 e. The summed E-state index contributed by atoms with van der Waals surface area (Å²) in [6, 6.07) is 0. The van der Waals surface area contributed by atoms with E-state index in [1.165, 1.54) is 32.1 Å². The Morgan fingerprint density at radius 1 is 1.27 bits per heavy atom. The zero-order chi connectivity index (χ0) is 7.66. The van der Waals surface area contributed by atoms with Crippen molar-refractivity contribution in [2.45, 2.75) is 39.0 Å². The Kier molecular flexibility index (Phi) is 15.7. The monoisotopic (exact) mass is 194 g/mol. The molecule has 11 heavy (non-hydrogen) atoms. The van der Waals surface area contributed by atoms with Gasteiger partial charge in [-0.1, -0.05) is 32.3 Å². The van der Waals surface area contributed by atoms with Gasteiger partial charge in [0.05, 0.1) is 6.26 Å². The Hall–Kier alpha value is 0.0469. The normalized spacial score (nSPS) is 9.91. The second kappa shape index (κ2) is 12.7. The lowest BCUT2D eigenvalue weighted by Crippen LogP contribution is -1.74. The first-order chi connectivity index (χ1) is 4.91. The van der Waals surface area contributed by atoms with E-state index in [0.717, 1.165) is 10.5 Å². The van der Waals surface area contributed by atoms with Crippen LogP contribution in [0.3, 0.4) is 0 Å². The number of rotatable bonds is 6. The van der Waals surface area contributed by atoms with Gasteiger partial charge in [0.2, 0.25) is 10.5 Å². The number of hydrogen-bond acceptors (Lipinski definition) is 1. The first-order valence-corrected chi connectivity index (χ1v) is 4.91. The van der Waals surface area contributed by atoms with Crippen LogP contribution in [0.5, 0.6) is 0 Å². The molecule has 0 rings (SSSR count). The quantitative estimate of drug-likeness (QED) is 0.358. The fourth-order valence-electron chi connectivity index (χ4n) is 0.853. The lowest BCUT2D eigenvalue weighted by molar-refractivity contribution is 0.529. The molecule has 0 bridgehead atoms. The zero-order valence-electron chi connectivity index (χ0n) is 7.51. The fourth-order valence-corrected chi connectivity index (χ4v) is 1.05. The Balaban J connectivity index is 0. The highest BCUT2D eigenvalue weighted by molar-refractivity contribution is 5.98. The van der Waals surface area contributed by atoms with Gasteiger partial charge >= 0.3 is 0 Å². The van der Waals surface area contributed by atoms with E-state index < -0.39 is 0 Å². The third-order valence-electron chi connectivity index (χ3n) is 1.46. The van der Waals surface area contributed by atoms with Gasteiger partial charge in [-0.25, -0.2) is 0 Å². The number of unbranched alkanes of at least 4 members (excludes halogenated alkanes) is 4. The first-order valence-electron chi connectivity index (χ1n) is 4.09. The van der Waals surface area contributed by atoms with Crippen molar-refractivity contribution < 1.29 is 4.43 Å². The standard InChI is InChI=1S/C8H18OSi.ClH/c1-2-3-4-5-6-7-8-9-10;/h7-8H,2-6H2,1,10H3;1H. The van der Waals surface area contributed by atoms with Crippen molar-refractivity contribution in [1.82, 2.24) is 0 Å². The Morgan fingerprint density at radius 2 is 2.00 bits per heavy atom. The van der Waals surface area contributed by atoms with Crippen LogP contribution in [-0.4, -0.2) is 10.5 Å². The first kappa shape index (κ1) is 13.6. The van der Waals surface area contributed by atoms with Crippen molar-refractivity contribution in [2.24, 2.45) is 0 Å². The fraction of sp³-hybridized carbons (Fsp3) is 0.750. The molecule has 0 spiro atoms. The van der Waals surface area contributed by atoms with Gasteiger partial charge in [0.15, 0.2) is 0 Å². The van der Waals surface area contributed by atoms with Crippen LogP contribution in [0.1, 0.15) is 39.0 Å². The molecule has 0 atom stereocenters. The van der Waals surface area contributed by atoms with E-state index in [1.54, 1.807) is 0 Å². The van der Waals surface area contributed by atoms with Crippen molar-refractivity contribution >= 4 is 22.9 Å². The van der Waals surface area contributed by atoms with Crippen molar-refractivity contribution in [1.29, 1.82) is 0 Å². The minimum Gasteiger partial charge on any atom is -0.559 e. The minimum absolute atomic E-state index is 0. The molecule has 0 aliphatic rings. The van der Waals surface area contributed by atoms with Gasteiger partial charge in [-0.3, -0.25) is 0 Å². The van der Waals surface area contributed by atoms with Crippen LogP contribution < -0.4 is 0 Å². The van der Waals surface area contributed by atoms with E-state index in [2.05, 4.69) is 13.0 Å². The summed E-state index contributed by atoms with van der Waals surface area (Å²) < 4.78 is 4.91. The van der Waals surface area contributed by atoms with E-state index >= 15 is 0 Å². The highest BCUT2D eigenvalue weighted by Gasteiger charge is 1.83. The third-order valence-corrected chi connectivity index (χ3v) is 1.73. The largest absolute Gasteiger partial charge is 0.559 e. The van der Waals surface area contributed by atoms with Crippen molar-refractivity contribution in [2.75, 3.05) is 0 Å². The molecule has 0 heterocycles. The molecule has 0 saturated heterocycles. The SMILES string of the molecule is CCCCCCC=CO[SiH3].Cl. The van der Waals surface area contributed by atoms with Gasteiger partial charge in [0.25, 0.3) is 0 Å². The zero-order valence-corrected chi connectivity index (χ0v) is 10.3. The number of hydrogen-bond donors (Lipinski definition) is 0.